The van der Waals surface area contributed by atoms with Crippen molar-refractivity contribution in [2.45, 2.75) is 25.9 Å². The van der Waals surface area contributed by atoms with E-state index in [1.165, 1.54) is 6.07 Å². The number of hydrogen-bond acceptors (Lipinski definition) is 4. The third-order valence-corrected chi connectivity index (χ3v) is 3.79. The maximum Gasteiger partial charge on any atom is 0.352 e. The number of hydrogen-bond donors (Lipinski definition) is 1. The Hall–Kier alpha value is -2.95. The fourth-order valence-corrected chi connectivity index (χ4v) is 2.57. The van der Waals surface area contributed by atoms with E-state index in [-0.39, 0.29) is 17.8 Å². The Bertz CT molecular complexity index is 766. The van der Waals surface area contributed by atoms with Crippen molar-refractivity contribution in [3.8, 4) is 0 Å². The molecule has 0 saturated carbocycles. The van der Waals surface area contributed by atoms with Gasteiger partial charge in [0.25, 0.3) is 0 Å². The molecule has 0 aliphatic rings. The molecule has 2 aromatic carbocycles. The highest BCUT2D eigenvalue weighted by molar-refractivity contribution is 6.09. The maximum absolute atomic E-state index is 12.6. The molecule has 2 rings (SSSR count). The van der Waals surface area contributed by atoms with E-state index in [9.17, 15) is 19.5 Å². The quantitative estimate of drug-likeness (QED) is 0.651. The van der Waals surface area contributed by atoms with E-state index in [0.29, 0.717) is 11.1 Å². The molecule has 0 aromatic heterocycles. The second-order valence-corrected chi connectivity index (χ2v) is 5.36. The highest BCUT2D eigenvalue weighted by atomic mass is 16.6. The van der Waals surface area contributed by atoms with E-state index in [1.54, 1.807) is 55.5 Å². The third-order valence-electron chi connectivity index (χ3n) is 3.79. The van der Waals surface area contributed by atoms with Crippen LogP contribution in [0, 0.1) is 0 Å². The van der Waals surface area contributed by atoms with Gasteiger partial charge in [-0.3, -0.25) is 9.59 Å². The van der Waals surface area contributed by atoms with E-state index in [1.807, 2.05) is 0 Å². The summed E-state index contributed by atoms with van der Waals surface area (Å²) in [5.41, 5.74) is -0.710. The lowest BCUT2D eigenvalue weighted by Gasteiger charge is -2.28. The molecule has 0 radical (unpaired) electrons. The topological polar surface area (TPSA) is 80.7 Å². The molecule has 0 spiro atoms. The fraction of sp³-hybridized carbons (Fsp3) is 0.211. The van der Waals surface area contributed by atoms with Gasteiger partial charge in [0.05, 0.1) is 0 Å². The number of aliphatic carboxylic acids is 1. The molecule has 0 heterocycles. The molecule has 1 atom stereocenters. The number of carboxylic acids is 1. The van der Waals surface area contributed by atoms with E-state index < -0.39 is 17.5 Å². The number of carbonyl (C=O) groups excluding carboxylic acids is 2. The summed E-state index contributed by atoms with van der Waals surface area (Å²) in [4.78, 5) is 35.7. The Morgan fingerprint density at radius 2 is 1.62 bits per heavy atom. The standard InChI is InChI=1S/C19H18O5/c1-3-19(18(22)23,24-13(2)20)16-11-7-10-15(12-16)17(21)14-8-5-4-6-9-14/h4-12H,3H2,1-2H3,(H,22,23). The minimum atomic E-state index is -1.81. The SMILES string of the molecule is CCC(OC(C)=O)(C(=O)O)c1cccc(C(=O)c2ccccc2)c1. The molecule has 0 fully saturated rings. The van der Waals surface area contributed by atoms with Crippen LogP contribution in [0.1, 0.15) is 41.8 Å². The van der Waals surface area contributed by atoms with Crippen molar-refractivity contribution in [2.75, 3.05) is 0 Å². The van der Waals surface area contributed by atoms with Crippen LogP contribution in [0.5, 0.6) is 0 Å². The Kier molecular flexibility index (Phi) is 5.14. The summed E-state index contributed by atoms with van der Waals surface area (Å²) >= 11 is 0. The molecule has 0 aliphatic heterocycles. The number of carbonyl (C=O) groups is 3. The van der Waals surface area contributed by atoms with Gasteiger partial charge in [0.2, 0.25) is 5.60 Å². The lowest BCUT2D eigenvalue weighted by Crippen LogP contribution is -2.39. The summed E-state index contributed by atoms with van der Waals surface area (Å²) in [7, 11) is 0. The zero-order chi connectivity index (χ0) is 17.7. The lowest BCUT2D eigenvalue weighted by molar-refractivity contribution is -0.179. The number of carboxylic acid groups (broad SMARTS) is 1. The largest absolute Gasteiger partial charge is 0.478 e. The van der Waals surface area contributed by atoms with Crippen LogP contribution < -0.4 is 0 Å². The molecule has 0 bridgehead atoms. The van der Waals surface area contributed by atoms with Gasteiger partial charge in [0.1, 0.15) is 0 Å². The van der Waals surface area contributed by atoms with Gasteiger partial charge in [-0.25, -0.2) is 4.79 Å². The molecule has 1 unspecified atom stereocenters. The van der Waals surface area contributed by atoms with Crippen molar-refractivity contribution in [1.82, 2.24) is 0 Å². The van der Waals surface area contributed by atoms with Crippen molar-refractivity contribution in [3.63, 3.8) is 0 Å². The first-order valence-corrected chi connectivity index (χ1v) is 7.54. The predicted molar refractivity (Wildman–Crippen MR) is 87.7 cm³/mol. The van der Waals surface area contributed by atoms with Gasteiger partial charge >= 0.3 is 11.9 Å². The lowest BCUT2D eigenvalue weighted by atomic mass is 9.88. The minimum Gasteiger partial charge on any atom is -0.478 e. The van der Waals surface area contributed by atoms with E-state index in [0.717, 1.165) is 6.92 Å². The third kappa shape index (κ3) is 3.35. The van der Waals surface area contributed by atoms with Gasteiger partial charge in [-0.2, -0.15) is 0 Å². The van der Waals surface area contributed by atoms with E-state index >= 15 is 0 Å². The average molecular weight is 326 g/mol. The molecule has 0 amide bonds. The van der Waals surface area contributed by atoms with Gasteiger partial charge in [0, 0.05) is 23.6 Å². The van der Waals surface area contributed by atoms with Crippen LogP contribution in [-0.2, 0) is 19.9 Å². The number of benzene rings is 2. The number of rotatable bonds is 6. The van der Waals surface area contributed by atoms with Gasteiger partial charge in [0.15, 0.2) is 5.78 Å². The first kappa shape index (κ1) is 17.4. The molecule has 0 aliphatic carbocycles. The maximum atomic E-state index is 12.6. The molecule has 2 aromatic rings. The van der Waals surface area contributed by atoms with Gasteiger partial charge in [-0.1, -0.05) is 55.5 Å². The smallest absolute Gasteiger partial charge is 0.352 e. The number of ketones is 1. The molecule has 5 nitrogen and oxygen atoms in total. The number of ether oxygens (including phenoxy) is 1. The number of esters is 1. The predicted octanol–water partition coefficient (Wildman–Crippen LogP) is 3.17. The summed E-state index contributed by atoms with van der Waals surface area (Å²) in [5, 5.41) is 9.61. The zero-order valence-corrected chi connectivity index (χ0v) is 13.5. The first-order chi connectivity index (χ1) is 11.4. The van der Waals surface area contributed by atoms with Crippen LogP contribution in [0.3, 0.4) is 0 Å². The van der Waals surface area contributed by atoms with Crippen molar-refractivity contribution < 1.29 is 24.2 Å². The Morgan fingerprint density at radius 3 is 2.17 bits per heavy atom. The Balaban J connectivity index is 2.50. The van der Waals surface area contributed by atoms with Gasteiger partial charge < -0.3 is 9.84 Å². The molecule has 1 N–H and O–H groups in total. The van der Waals surface area contributed by atoms with Gasteiger partial charge in [-0.15, -0.1) is 0 Å². The van der Waals surface area contributed by atoms with E-state index in [2.05, 4.69) is 0 Å². The van der Waals surface area contributed by atoms with Crippen molar-refractivity contribution in [2.24, 2.45) is 0 Å². The molecule has 124 valence electrons. The van der Waals surface area contributed by atoms with Gasteiger partial charge in [-0.05, 0) is 12.5 Å². The highest BCUT2D eigenvalue weighted by Crippen LogP contribution is 2.31. The molecule has 24 heavy (non-hydrogen) atoms. The van der Waals surface area contributed by atoms with Crippen LogP contribution >= 0.6 is 0 Å². The molecule has 5 heteroatoms. The normalized spacial score (nSPS) is 12.9. The Labute approximate surface area is 139 Å². The van der Waals surface area contributed by atoms with Crippen LogP contribution in [0.25, 0.3) is 0 Å². The average Bonchev–Trinajstić information content (AvgIpc) is 2.59. The molecular formula is C19H18O5. The summed E-state index contributed by atoms with van der Waals surface area (Å²) in [6.07, 6.45) is 0.0465. The highest BCUT2D eigenvalue weighted by Gasteiger charge is 2.42. The summed E-state index contributed by atoms with van der Waals surface area (Å²) in [5.74, 6) is -2.20. The second-order valence-electron chi connectivity index (χ2n) is 5.36. The van der Waals surface area contributed by atoms with E-state index in [4.69, 9.17) is 4.74 Å². The summed E-state index contributed by atoms with van der Waals surface area (Å²) in [6.45, 7) is 2.77. The van der Waals surface area contributed by atoms with Crippen molar-refractivity contribution in [3.05, 3.63) is 71.3 Å². The second kappa shape index (κ2) is 7.08. The fourth-order valence-electron chi connectivity index (χ4n) is 2.57. The monoisotopic (exact) mass is 326 g/mol. The Morgan fingerprint density at radius 1 is 1.00 bits per heavy atom. The van der Waals surface area contributed by atoms with Crippen molar-refractivity contribution >= 4 is 17.7 Å². The zero-order valence-electron chi connectivity index (χ0n) is 13.5. The van der Waals surface area contributed by atoms with Crippen LogP contribution in [0.2, 0.25) is 0 Å². The van der Waals surface area contributed by atoms with Crippen LogP contribution in [0.15, 0.2) is 54.6 Å². The van der Waals surface area contributed by atoms with Crippen LogP contribution in [-0.4, -0.2) is 22.8 Å². The van der Waals surface area contributed by atoms with Crippen LogP contribution in [0.4, 0.5) is 0 Å². The molecular weight excluding hydrogens is 308 g/mol. The first-order valence-electron chi connectivity index (χ1n) is 7.54. The molecule has 0 saturated heterocycles. The summed E-state index contributed by atoms with van der Waals surface area (Å²) < 4.78 is 5.13. The summed E-state index contributed by atoms with van der Waals surface area (Å²) in [6, 6.07) is 14.9. The van der Waals surface area contributed by atoms with Crippen molar-refractivity contribution in [1.29, 1.82) is 0 Å². The minimum absolute atomic E-state index is 0.0465.